The first kappa shape index (κ1) is 18.0. The molecule has 1 aliphatic heterocycles. The number of rotatable bonds is 3. The summed E-state index contributed by atoms with van der Waals surface area (Å²) in [4.78, 5) is 27.6. The normalized spacial score (nSPS) is 15.2. The Bertz CT molecular complexity index is 592. The number of ether oxygens (including phenoxy) is 2. The van der Waals surface area contributed by atoms with Crippen molar-refractivity contribution in [2.75, 3.05) is 37.7 Å². The van der Waals surface area contributed by atoms with E-state index in [1.807, 2.05) is 20.8 Å². The molecule has 0 aromatic carbocycles. The van der Waals surface area contributed by atoms with Crippen molar-refractivity contribution >= 4 is 17.7 Å². The van der Waals surface area contributed by atoms with E-state index in [1.54, 1.807) is 24.1 Å². The average Bonchev–Trinajstić information content (AvgIpc) is 2.54. The minimum Gasteiger partial charge on any atom is -0.461 e. The summed E-state index contributed by atoms with van der Waals surface area (Å²) in [6, 6.07) is 1.66. The third-order valence-corrected chi connectivity index (χ3v) is 3.42. The number of nitrogens with zero attached hydrogens (tertiary/aromatic N) is 4. The average molecular weight is 336 g/mol. The molecule has 0 unspecified atom stereocenters. The van der Waals surface area contributed by atoms with Crippen molar-refractivity contribution in [3.8, 4) is 0 Å². The maximum Gasteiger partial charge on any atom is 0.410 e. The van der Waals surface area contributed by atoms with Crippen molar-refractivity contribution in [3.63, 3.8) is 0 Å². The van der Waals surface area contributed by atoms with Gasteiger partial charge in [-0.3, -0.25) is 0 Å². The van der Waals surface area contributed by atoms with Gasteiger partial charge in [-0.05, 0) is 33.8 Å². The molecule has 1 amide bonds. The van der Waals surface area contributed by atoms with Crippen molar-refractivity contribution < 1.29 is 19.1 Å². The summed E-state index contributed by atoms with van der Waals surface area (Å²) in [7, 11) is 0. The van der Waals surface area contributed by atoms with Crippen LogP contribution in [0.1, 0.15) is 38.2 Å². The summed E-state index contributed by atoms with van der Waals surface area (Å²) in [6.45, 7) is 9.94. The van der Waals surface area contributed by atoms with Crippen LogP contribution < -0.4 is 4.90 Å². The Hall–Kier alpha value is -2.38. The molecular formula is C16H24N4O4. The van der Waals surface area contributed by atoms with Gasteiger partial charge in [0.05, 0.1) is 18.5 Å². The van der Waals surface area contributed by atoms with Crippen LogP contribution in [0.3, 0.4) is 0 Å². The van der Waals surface area contributed by atoms with E-state index in [9.17, 15) is 9.59 Å². The van der Waals surface area contributed by atoms with Crippen LogP contribution in [0.5, 0.6) is 0 Å². The van der Waals surface area contributed by atoms with Gasteiger partial charge in [0.15, 0.2) is 5.69 Å². The van der Waals surface area contributed by atoms with Crippen LogP contribution in [-0.4, -0.2) is 65.5 Å². The smallest absolute Gasteiger partial charge is 0.410 e. The largest absolute Gasteiger partial charge is 0.461 e. The Morgan fingerprint density at radius 3 is 2.46 bits per heavy atom. The SMILES string of the molecule is CCOC(=O)c1cc(N2CCN(C(=O)OC(C)(C)C)CC2)cnn1. The van der Waals surface area contributed by atoms with Crippen LogP contribution in [0.25, 0.3) is 0 Å². The third-order valence-electron chi connectivity index (χ3n) is 3.42. The van der Waals surface area contributed by atoms with E-state index in [0.29, 0.717) is 32.8 Å². The minimum atomic E-state index is -0.502. The standard InChI is InChI=1S/C16H24N4O4/c1-5-23-14(21)13-10-12(11-17-18-13)19-6-8-20(9-7-19)15(22)24-16(2,3)4/h10-11H,5-9H2,1-4H3. The van der Waals surface area contributed by atoms with E-state index in [2.05, 4.69) is 15.1 Å². The molecule has 0 N–H and O–H groups in total. The molecule has 8 nitrogen and oxygen atoms in total. The number of anilines is 1. The molecule has 132 valence electrons. The molecule has 24 heavy (non-hydrogen) atoms. The number of amides is 1. The van der Waals surface area contributed by atoms with Gasteiger partial charge in [0.2, 0.25) is 0 Å². The predicted molar refractivity (Wildman–Crippen MR) is 88.0 cm³/mol. The highest BCUT2D eigenvalue weighted by Crippen LogP contribution is 2.18. The quantitative estimate of drug-likeness (QED) is 0.777. The number of aromatic nitrogens is 2. The molecule has 0 aliphatic carbocycles. The van der Waals surface area contributed by atoms with E-state index in [1.165, 1.54) is 0 Å². The Balaban J connectivity index is 1.96. The van der Waals surface area contributed by atoms with Crippen molar-refractivity contribution in [1.29, 1.82) is 0 Å². The van der Waals surface area contributed by atoms with Gasteiger partial charge in [-0.25, -0.2) is 9.59 Å². The summed E-state index contributed by atoms with van der Waals surface area (Å²) < 4.78 is 10.3. The molecule has 0 spiro atoms. The molecule has 0 saturated carbocycles. The lowest BCUT2D eigenvalue weighted by Gasteiger charge is -2.36. The number of carbonyl (C=O) groups excluding carboxylic acids is 2. The molecule has 8 heteroatoms. The zero-order valence-electron chi connectivity index (χ0n) is 14.6. The van der Waals surface area contributed by atoms with E-state index in [0.717, 1.165) is 5.69 Å². The summed E-state index contributed by atoms with van der Waals surface area (Å²) in [6.07, 6.45) is 1.30. The molecule has 0 atom stereocenters. The first-order chi connectivity index (χ1) is 11.3. The number of esters is 1. The Morgan fingerprint density at radius 2 is 1.88 bits per heavy atom. The highest BCUT2D eigenvalue weighted by molar-refractivity contribution is 5.88. The molecule has 1 aromatic rings. The third kappa shape index (κ3) is 4.81. The van der Waals surface area contributed by atoms with Crippen molar-refractivity contribution in [2.24, 2.45) is 0 Å². The van der Waals surface area contributed by atoms with Crippen LogP contribution in [0.4, 0.5) is 10.5 Å². The first-order valence-electron chi connectivity index (χ1n) is 8.03. The summed E-state index contributed by atoms with van der Waals surface area (Å²) >= 11 is 0. The first-order valence-corrected chi connectivity index (χ1v) is 8.03. The maximum absolute atomic E-state index is 12.1. The fraction of sp³-hybridized carbons (Fsp3) is 0.625. The summed E-state index contributed by atoms with van der Waals surface area (Å²) in [5.41, 5.74) is 0.471. The van der Waals surface area contributed by atoms with Gasteiger partial charge in [-0.2, -0.15) is 5.10 Å². The number of carbonyl (C=O) groups is 2. The number of piperazine rings is 1. The van der Waals surface area contributed by atoms with Crippen LogP contribution >= 0.6 is 0 Å². The van der Waals surface area contributed by atoms with E-state index in [4.69, 9.17) is 9.47 Å². The van der Waals surface area contributed by atoms with Gasteiger partial charge in [0, 0.05) is 26.2 Å². The zero-order chi connectivity index (χ0) is 17.7. The van der Waals surface area contributed by atoms with Gasteiger partial charge in [-0.1, -0.05) is 0 Å². The molecular weight excluding hydrogens is 312 g/mol. The molecule has 2 rings (SSSR count). The molecule has 0 radical (unpaired) electrons. The Labute approximate surface area is 141 Å². The summed E-state index contributed by atoms with van der Waals surface area (Å²) in [5.74, 6) is -0.487. The summed E-state index contributed by atoms with van der Waals surface area (Å²) in [5, 5.41) is 7.67. The molecule has 0 bridgehead atoms. The Kier molecular flexibility index (Phi) is 5.58. The topological polar surface area (TPSA) is 84.9 Å². The minimum absolute atomic E-state index is 0.184. The maximum atomic E-state index is 12.1. The lowest BCUT2D eigenvalue weighted by atomic mass is 10.2. The molecule has 1 aromatic heterocycles. The lowest BCUT2D eigenvalue weighted by molar-refractivity contribution is 0.0240. The van der Waals surface area contributed by atoms with Crippen molar-refractivity contribution in [3.05, 3.63) is 18.0 Å². The molecule has 2 heterocycles. The Morgan fingerprint density at radius 1 is 1.21 bits per heavy atom. The second-order valence-electron chi connectivity index (χ2n) is 6.47. The molecule has 1 saturated heterocycles. The monoisotopic (exact) mass is 336 g/mol. The predicted octanol–water partition coefficient (Wildman–Crippen LogP) is 1.71. The molecule has 1 aliphatic rings. The van der Waals surface area contributed by atoms with Crippen LogP contribution in [-0.2, 0) is 9.47 Å². The van der Waals surface area contributed by atoms with Crippen LogP contribution in [0.15, 0.2) is 12.3 Å². The number of hydrogen-bond acceptors (Lipinski definition) is 7. The highest BCUT2D eigenvalue weighted by atomic mass is 16.6. The number of hydrogen-bond donors (Lipinski definition) is 0. The fourth-order valence-corrected chi connectivity index (χ4v) is 2.31. The molecule has 1 fully saturated rings. The van der Waals surface area contributed by atoms with E-state index >= 15 is 0 Å². The zero-order valence-corrected chi connectivity index (χ0v) is 14.6. The highest BCUT2D eigenvalue weighted by Gasteiger charge is 2.26. The van der Waals surface area contributed by atoms with Gasteiger partial charge in [0.1, 0.15) is 5.60 Å². The van der Waals surface area contributed by atoms with Crippen molar-refractivity contribution in [1.82, 2.24) is 15.1 Å². The van der Waals surface area contributed by atoms with Crippen LogP contribution in [0.2, 0.25) is 0 Å². The lowest BCUT2D eigenvalue weighted by Crippen LogP contribution is -2.50. The van der Waals surface area contributed by atoms with Crippen molar-refractivity contribution in [2.45, 2.75) is 33.3 Å². The van der Waals surface area contributed by atoms with Gasteiger partial charge in [0.25, 0.3) is 0 Å². The van der Waals surface area contributed by atoms with E-state index < -0.39 is 11.6 Å². The van der Waals surface area contributed by atoms with Gasteiger partial charge < -0.3 is 19.3 Å². The van der Waals surface area contributed by atoms with Gasteiger partial charge >= 0.3 is 12.1 Å². The second-order valence-corrected chi connectivity index (χ2v) is 6.47. The fourth-order valence-electron chi connectivity index (χ4n) is 2.31. The van der Waals surface area contributed by atoms with Crippen LogP contribution in [0, 0.1) is 0 Å². The second kappa shape index (κ2) is 7.46. The van der Waals surface area contributed by atoms with E-state index in [-0.39, 0.29) is 11.8 Å². The van der Waals surface area contributed by atoms with Gasteiger partial charge in [-0.15, -0.1) is 5.10 Å².